The third-order valence-electron chi connectivity index (χ3n) is 2.73. The molecule has 1 N–H and O–H groups in total. The van der Waals surface area contributed by atoms with Crippen LogP contribution in [0.15, 0.2) is 36.4 Å². The summed E-state index contributed by atoms with van der Waals surface area (Å²) >= 11 is 0. The lowest BCUT2D eigenvalue weighted by atomic mass is 10.1. The van der Waals surface area contributed by atoms with Crippen molar-refractivity contribution in [3.63, 3.8) is 0 Å². The number of aromatic carboxylic acids is 1. The van der Waals surface area contributed by atoms with Crippen molar-refractivity contribution in [2.75, 3.05) is 0 Å². The highest BCUT2D eigenvalue weighted by Crippen LogP contribution is 2.17. The first kappa shape index (κ1) is 13.7. The standard InChI is InChI=1S/C15H13NO4/c1-10-2-7-14(13(8-17)16-10)20-9-11-3-5-12(6-4-11)15(18)19/h2-8H,9H2,1H3,(H,18,19). The van der Waals surface area contributed by atoms with Gasteiger partial charge in [0.15, 0.2) is 6.29 Å². The molecule has 0 aliphatic rings. The molecule has 0 saturated heterocycles. The predicted octanol–water partition coefficient (Wildman–Crippen LogP) is 2.48. The Bertz CT molecular complexity index is 635. The molecular formula is C15H13NO4. The molecule has 20 heavy (non-hydrogen) atoms. The fourth-order valence-electron chi connectivity index (χ4n) is 1.68. The van der Waals surface area contributed by atoms with Crippen molar-refractivity contribution in [2.45, 2.75) is 13.5 Å². The lowest BCUT2D eigenvalue weighted by Gasteiger charge is -2.08. The summed E-state index contributed by atoms with van der Waals surface area (Å²) in [7, 11) is 0. The van der Waals surface area contributed by atoms with E-state index in [0.717, 1.165) is 11.3 Å². The predicted molar refractivity (Wildman–Crippen MR) is 72.1 cm³/mol. The second-order valence-corrected chi connectivity index (χ2v) is 4.24. The third-order valence-corrected chi connectivity index (χ3v) is 2.73. The molecular weight excluding hydrogens is 258 g/mol. The van der Waals surface area contributed by atoms with E-state index in [-0.39, 0.29) is 17.9 Å². The Hall–Kier alpha value is -2.69. The Morgan fingerprint density at radius 3 is 2.55 bits per heavy atom. The number of nitrogens with zero attached hydrogens (tertiary/aromatic N) is 1. The Labute approximate surface area is 115 Å². The minimum Gasteiger partial charge on any atom is -0.487 e. The summed E-state index contributed by atoms with van der Waals surface area (Å²) in [5.74, 6) is -0.559. The van der Waals surface area contributed by atoms with E-state index in [4.69, 9.17) is 9.84 Å². The van der Waals surface area contributed by atoms with Crippen molar-refractivity contribution < 1.29 is 19.4 Å². The molecule has 0 aliphatic heterocycles. The maximum absolute atomic E-state index is 10.9. The summed E-state index contributed by atoms with van der Waals surface area (Å²) in [5, 5.41) is 8.80. The van der Waals surface area contributed by atoms with Gasteiger partial charge < -0.3 is 9.84 Å². The second-order valence-electron chi connectivity index (χ2n) is 4.24. The molecule has 0 bridgehead atoms. The Kier molecular flexibility index (Phi) is 4.10. The summed E-state index contributed by atoms with van der Waals surface area (Å²) in [6, 6.07) is 9.81. The number of hydrogen-bond donors (Lipinski definition) is 1. The van der Waals surface area contributed by atoms with Gasteiger partial charge in [0.05, 0.1) is 5.56 Å². The van der Waals surface area contributed by atoms with E-state index in [2.05, 4.69) is 4.98 Å². The van der Waals surface area contributed by atoms with Crippen LogP contribution in [0.1, 0.15) is 32.1 Å². The van der Waals surface area contributed by atoms with E-state index in [1.54, 1.807) is 31.2 Å². The zero-order chi connectivity index (χ0) is 14.5. The van der Waals surface area contributed by atoms with Gasteiger partial charge in [0, 0.05) is 5.69 Å². The molecule has 102 valence electrons. The maximum atomic E-state index is 10.9. The Morgan fingerprint density at radius 2 is 1.95 bits per heavy atom. The van der Waals surface area contributed by atoms with Crippen LogP contribution >= 0.6 is 0 Å². The van der Waals surface area contributed by atoms with Crippen LogP contribution in [0.25, 0.3) is 0 Å². The second kappa shape index (κ2) is 5.97. The summed E-state index contributed by atoms with van der Waals surface area (Å²) in [4.78, 5) is 25.7. The minimum absolute atomic E-state index is 0.222. The van der Waals surface area contributed by atoms with Gasteiger partial charge in [0.2, 0.25) is 0 Å². The molecule has 0 spiro atoms. The molecule has 5 heteroatoms. The maximum Gasteiger partial charge on any atom is 0.335 e. The fourth-order valence-corrected chi connectivity index (χ4v) is 1.68. The molecule has 2 rings (SSSR count). The van der Waals surface area contributed by atoms with Crippen molar-refractivity contribution in [1.29, 1.82) is 0 Å². The first-order valence-corrected chi connectivity index (χ1v) is 5.98. The smallest absolute Gasteiger partial charge is 0.335 e. The topological polar surface area (TPSA) is 76.5 Å². The molecule has 5 nitrogen and oxygen atoms in total. The number of hydrogen-bond acceptors (Lipinski definition) is 4. The van der Waals surface area contributed by atoms with Gasteiger partial charge in [0.25, 0.3) is 0 Å². The molecule has 0 saturated carbocycles. The summed E-state index contributed by atoms with van der Waals surface area (Å²) in [6.45, 7) is 2.03. The Morgan fingerprint density at radius 1 is 1.25 bits per heavy atom. The monoisotopic (exact) mass is 271 g/mol. The van der Waals surface area contributed by atoms with Gasteiger partial charge >= 0.3 is 5.97 Å². The molecule has 1 aromatic heterocycles. The van der Waals surface area contributed by atoms with Gasteiger partial charge in [-0.3, -0.25) is 4.79 Å². The first-order chi connectivity index (χ1) is 9.60. The molecule has 2 aromatic rings. The molecule has 0 amide bonds. The summed E-state index contributed by atoms with van der Waals surface area (Å²) in [6.07, 6.45) is 0.649. The number of ether oxygens (including phenoxy) is 1. The number of rotatable bonds is 5. The molecule has 1 aromatic carbocycles. The van der Waals surface area contributed by atoms with E-state index < -0.39 is 5.97 Å². The van der Waals surface area contributed by atoms with Crippen LogP contribution in [-0.2, 0) is 6.61 Å². The van der Waals surface area contributed by atoms with E-state index >= 15 is 0 Å². The quantitative estimate of drug-likeness (QED) is 0.845. The van der Waals surface area contributed by atoms with E-state index in [0.29, 0.717) is 12.0 Å². The number of aromatic nitrogens is 1. The van der Waals surface area contributed by atoms with Gasteiger partial charge in [-0.1, -0.05) is 12.1 Å². The number of pyridine rings is 1. The minimum atomic E-state index is -0.969. The highest BCUT2D eigenvalue weighted by atomic mass is 16.5. The Balaban J connectivity index is 2.08. The number of carboxylic acids is 1. The average molecular weight is 271 g/mol. The fraction of sp³-hybridized carbons (Fsp3) is 0.133. The molecule has 0 atom stereocenters. The van der Waals surface area contributed by atoms with Crippen molar-refractivity contribution in [1.82, 2.24) is 4.98 Å². The first-order valence-electron chi connectivity index (χ1n) is 5.98. The van der Waals surface area contributed by atoms with E-state index in [1.165, 1.54) is 12.1 Å². The van der Waals surface area contributed by atoms with Crippen molar-refractivity contribution >= 4 is 12.3 Å². The number of aryl methyl sites for hydroxylation is 1. The molecule has 0 unspecified atom stereocenters. The zero-order valence-electron chi connectivity index (χ0n) is 10.9. The highest BCUT2D eigenvalue weighted by Gasteiger charge is 2.06. The third kappa shape index (κ3) is 3.20. The van der Waals surface area contributed by atoms with Crippen LogP contribution in [0, 0.1) is 6.92 Å². The number of carbonyl (C=O) groups is 2. The number of benzene rings is 1. The van der Waals surface area contributed by atoms with Crippen LogP contribution in [0.2, 0.25) is 0 Å². The number of carboxylic acid groups (broad SMARTS) is 1. The SMILES string of the molecule is Cc1ccc(OCc2ccc(C(=O)O)cc2)c(C=O)n1. The van der Waals surface area contributed by atoms with Gasteiger partial charge in [0.1, 0.15) is 18.1 Å². The number of aldehydes is 1. The van der Waals surface area contributed by atoms with Gasteiger partial charge in [-0.05, 0) is 36.8 Å². The van der Waals surface area contributed by atoms with Crippen molar-refractivity contribution in [3.05, 3.63) is 58.9 Å². The van der Waals surface area contributed by atoms with E-state index in [9.17, 15) is 9.59 Å². The van der Waals surface area contributed by atoms with Crippen LogP contribution in [-0.4, -0.2) is 22.3 Å². The summed E-state index contributed by atoms with van der Waals surface area (Å²) < 4.78 is 5.53. The lowest BCUT2D eigenvalue weighted by Crippen LogP contribution is -2.02. The van der Waals surface area contributed by atoms with Crippen LogP contribution in [0.4, 0.5) is 0 Å². The van der Waals surface area contributed by atoms with Crippen LogP contribution < -0.4 is 4.74 Å². The molecule has 1 heterocycles. The largest absolute Gasteiger partial charge is 0.487 e. The molecule has 0 fully saturated rings. The van der Waals surface area contributed by atoms with Gasteiger partial charge in [-0.15, -0.1) is 0 Å². The highest BCUT2D eigenvalue weighted by molar-refractivity contribution is 5.87. The van der Waals surface area contributed by atoms with Crippen molar-refractivity contribution in [3.8, 4) is 5.75 Å². The van der Waals surface area contributed by atoms with Gasteiger partial charge in [-0.2, -0.15) is 0 Å². The molecule has 0 aliphatic carbocycles. The van der Waals surface area contributed by atoms with Crippen LogP contribution in [0.5, 0.6) is 5.75 Å². The van der Waals surface area contributed by atoms with Crippen LogP contribution in [0.3, 0.4) is 0 Å². The van der Waals surface area contributed by atoms with Crippen molar-refractivity contribution in [2.24, 2.45) is 0 Å². The van der Waals surface area contributed by atoms with Gasteiger partial charge in [-0.25, -0.2) is 9.78 Å². The number of carbonyl (C=O) groups excluding carboxylic acids is 1. The summed E-state index contributed by atoms with van der Waals surface area (Å²) in [5.41, 5.74) is 2.03. The zero-order valence-corrected chi connectivity index (χ0v) is 10.9. The molecule has 0 radical (unpaired) electrons. The lowest BCUT2D eigenvalue weighted by molar-refractivity contribution is 0.0696. The normalized spacial score (nSPS) is 10.1. The van der Waals surface area contributed by atoms with E-state index in [1.807, 2.05) is 0 Å². The average Bonchev–Trinajstić information content (AvgIpc) is 2.46.